The molecule has 21 heavy (non-hydrogen) atoms. The summed E-state index contributed by atoms with van der Waals surface area (Å²) >= 11 is 0. The topological polar surface area (TPSA) is 47.0 Å². The van der Waals surface area contributed by atoms with Crippen molar-refractivity contribution in [3.05, 3.63) is 41.2 Å². The number of ether oxygens (including phenoxy) is 1. The molecule has 0 bridgehead atoms. The van der Waals surface area contributed by atoms with Crippen molar-refractivity contribution < 1.29 is 4.74 Å². The van der Waals surface area contributed by atoms with Crippen LogP contribution < -0.4 is 10.1 Å². The van der Waals surface area contributed by atoms with Gasteiger partial charge in [0.2, 0.25) is 5.88 Å². The molecule has 0 aliphatic rings. The minimum absolute atomic E-state index is 0.0123. The standard InChI is InChI=1S/C17H23N3O/c1-11-15(18-6)19-12(2)20-16(11)21-14-10-8-7-9-13(14)17(3,4)5/h7-10H,1-6H3,(H,18,19,20). The van der Waals surface area contributed by atoms with Gasteiger partial charge in [-0.15, -0.1) is 0 Å². The monoisotopic (exact) mass is 285 g/mol. The van der Waals surface area contributed by atoms with Crippen LogP contribution in [0.4, 0.5) is 5.82 Å². The van der Waals surface area contributed by atoms with E-state index < -0.39 is 0 Å². The van der Waals surface area contributed by atoms with E-state index in [1.54, 1.807) is 0 Å². The first-order chi connectivity index (χ1) is 9.82. The average Bonchev–Trinajstić information content (AvgIpc) is 2.42. The van der Waals surface area contributed by atoms with E-state index in [2.05, 4.69) is 42.1 Å². The van der Waals surface area contributed by atoms with Gasteiger partial charge in [0.25, 0.3) is 0 Å². The molecular formula is C17H23N3O. The lowest BCUT2D eigenvalue weighted by Crippen LogP contribution is -2.13. The van der Waals surface area contributed by atoms with Crippen molar-refractivity contribution in [2.24, 2.45) is 0 Å². The van der Waals surface area contributed by atoms with Gasteiger partial charge in [0.05, 0.1) is 5.56 Å². The molecule has 0 aliphatic heterocycles. The SMILES string of the molecule is CNc1nc(C)nc(Oc2ccccc2C(C)(C)C)c1C. The second-order valence-electron chi connectivity index (χ2n) is 6.15. The summed E-state index contributed by atoms with van der Waals surface area (Å²) in [6.45, 7) is 10.3. The van der Waals surface area contributed by atoms with Crippen molar-refractivity contribution in [3.8, 4) is 11.6 Å². The summed E-state index contributed by atoms with van der Waals surface area (Å²) in [6.07, 6.45) is 0. The molecule has 0 amide bonds. The third kappa shape index (κ3) is 3.32. The highest BCUT2D eigenvalue weighted by Crippen LogP contribution is 2.35. The number of anilines is 1. The number of hydrogen-bond donors (Lipinski definition) is 1. The molecule has 0 atom stereocenters. The molecule has 0 saturated carbocycles. The molecule has 0 saturated heterocycles. The van der Waals surface area contributed by atoms with Crippen LogP contribution in [0, 0.1) is 13.8 Å². The summed E-state index contributed by atoms with van der Waals surface area (Å²) in [4.78, 5) is 8.79. The van der Waals surface area contributed by atoms with Crippen LogP contribution in [-0.2, 0) is 5.41 Å². The fourth-order valence-electron chi connectivity index (χ4n) is 2.22. The molecule has 2 aromatic rings. The van der Waals surface area contributed by atoms with Crippen LogP contribution in [0.15, 0.2) is 24.3 Å². The molecule has 0 radical (unpaired) electrons. The van der Waals surface area contributed by atoms with E-state index in [0.717, 1.165) is 22.7 Å². The van der Waals surface area contributed by atoms with Gasteiger partial charge in [0.1, 0.15) is 17.4 Å². The maximum atomic E-state index is 6.10. The smallest absolute Gasteiger partial charge is 0.227 e. The van der Waals surface area contributed by atoms with Crippen molar-refractivity contribution in [2.45, 2.75) is 40.0 Å². The van der Waals surface area contributed by atoms with Gasteiger partial charge < -0.3 is 10.1 Å². The highest BCUT2D eigenvalue weighted by molar-refractivity contribution is 5.50. The van der Waals surface area contributed by atoms with E-state index in [9.17, 15) is 0 Å². The Labute approximate surface area is 126 Å². The van der Waals surface area contributed by atoms with Gasteiger partial charge >= 0.3 is 0 Å². The van der Waals surface area contributed by atoms with Gasteiger partial charge in [-0.2, -0.15) is 4.98 Å². The van der Waals surface area contributed by atoms with Gasteiger partial charge in [-0.3, -0.25) is 0 Å². The zero-order valence-corrected chi connectivity index (χ0v) is 13.6. The summed E-state index contributed by atoms with van der Waals surface area (Å²) in [5.74, 6) is 2.93. The Morgan fingerprint density at radius 2 is 1.71 bits per heavy atom. The first-order valence-corrected chi connectivity index (χ1v) is 7.13. The fraction of sp³-hybridized carbons (Fsp3) is 0.412. The van der Waals surface area contributed by atoms with Gasteiger partial charge in [-0.25, -0.2) is 4.98 Å². The predicted octanol–water partition coefficient (Wildman–Crippen LogP) is 4.22. The Morgan fingerprint density at radius 1 is 1.05 bits per heavy atom. The predicted molar refractivity (Wildman–Crippen MR) is 86.3 cm³/mol. The summed E-state index contributed by atoms with van der Waals surface area (Å²) in [5, 5.41) is 3.08. The minimum Gasteiger partial charge on any atom is -0.438 e. The summed E-state index contributed by atoms with van der Waals surface area (Å²) in [5.41, 5.74) is 2.08. The van der Waals surface area contributed by atoms with Gasteiger partial charge in [0.15, 0.2) is 0 Å². The molecule has 4 heteroatoms. The van der Waals surface area contributed by atoms with Crippen molar-refractivity contribution in [2.75, 3.05) is 12.4 Å². The zero-order chi connectivity index (χ0) is 15.6. The Kier molecular flexibility index (Phi) is 4.16. The number of nitrogens with zero attached hydrogens (tertiary/aromatic N) is 2. The highest BCUT2D eigenvalue weighted by atomic mass is 16.5. The second-order valence-corrected chi connectivity index (χ2v) is 6.15. The Morgan fingerprint density at radius 3 is 2.33 bits per heavy atom. The average molecular weight is 285 g/mol. The first-order valence-electron chi connectivity index (χ1n) is 7.13. The third-order valence-electron chi connectivity index (χ3n) is 3.35. The first kappa shape index (κ1) is 15.3. The van der Waals surface area contributed by atoms with Gasteiger partial charge in [-0.1, -0.05) is 39.0 Å². The summed E-state index contributed by atoms with van der Waals surface area (Å²) < 4.78 is 6.10. The van der Waals surface area contributed by atoms with Crippen LogP contribution in [0.25, 0.3) is 0 Å². The number of hydrogen-bond acceptors (Lipinski definition) is 4. The molecule has 0 aliphatic carbocycles. The fourth-order valence-corrected chi connectivity index (χ4v) is 2.22. The normalized spacial score (nSPS) is 11.3. The van der Waals surface area contributed by atoms with Crippen LogP contribution in [0.2, 0.25) is 0 Å². The van der Waals surface area contributed by atoms with E-state index in [-0.39, 0.29) is 5.41 Å². The zero-order valence-electron chi connectivity index (χ0n) is 13.6. The number of para-hydroxylation sites is 1. The summed E-state index contributed by atoms with van der Waals surface area (Å²) in [6, 6.07) is 8.09. The van der Waals surface area contributed by atoms with E-state index in [1.807, 2.05) is 39.1 Å². The molecule has 1 aromatic carbocycles. The Bertz CT molecular complexity index is 645. The number of nitrogens with one attached hydrogen (secondary N) is 1. The van der Waals surface area contributed by atoms with E-state index in [0.29, 0.717) is 11.7 Å². The van der Waals surface area contributed by atoms with Crippen LogP contribution >= 0.6 is 0 Å². The second kappa shape index (κ2) is 5.72. The largest absolute Gasteiger partial charge is 0.438 e. The lowest BCUT2D eigenvalue weighted by molar-refractivity contribution is 0.434. The number of benzene rings is 1. The van der Waals surface area contributed by atoms with Crippen LogP contribution in [0.5, 0.6) is 11.6 Å². The van der Waals surface area contributed by atoms with E-state index in [4.69, 9.17) is 4.74 Å². The molecule has 1 aromatic heterocycles. The van der Waals surface area contributed by atoms with E-state index >= 15 is 0 Å². The van der Waals surface area contributed by atoms with Crippen molar-refractivity contribution in [1.82, 2.24) is 9.97 Å². The van der Waals surface area contributed by atoms with E-state index in [1.165, 1.54) is 0 Å². The molecule has 4 nitrogen and oxygen atoms in total. The lowest BCUT2D eigenvalue weighted by Gasteiger charge is -2.22. The molecule has 0 unspecified atom stereocenters. The summed E-state index contributed by atoms with van der Waals surface area (Å²) in [7, 11) is 1.85. The van der Waals surface area contributed by atoms with Gasteiger partial charge in [0, 0.05) is 12.6 Å². The maximum absolute atomic E-state index is 6.10. The number of rotatable bonds is 3. The van der Waals surface area contributed by atoms with Crippen LogP contribution in [0.3, 0.4) is 0 Å². The quantitative estimate of drug-likeness (QED) is 0.917. The molecule has 0 fully saturated rings. The third-order valence-corrected chi connectivity index (χ3v) is 3.35. The molecular weight excluding hydrogens is 262 g/mol. The highest BCUT2D eigenvalue weighted by Gasteiger charge is 2.20. The lowest BCUT2D eigenvalue weighted by atomic mass is 9.86. The Hall–Kier alpha value is -2.10. The molecule has 0 spiro atoms. The van der Waals surface area contributed by atoms with Crippen molar-refractivity contribution in [1.29, 1.82) is 0 Å². The molecule has 112 valence electrons. The van der Waals surface area contributed by atoms with Crippen LogP contribution in [-0.4, -0.2) is 17.0 Å². The molecule has 2 rings (SSSR count). The Balaban J connectivity index is 2.47. The van der Waals surface area contributed by atoms with Gasteiger partial charge in [-0.05, 0) is 25.3 Å². The van der Waals surface area contributed by atoms with Crippen LogP contribution in [0.1, 0.15) is 37.7 Å². The number of aromatic nitrogens is 2. The maximum Gasteiger partial charge on any atom is 0.227 e. The van der Waals surface area contributed by atoms with Crippen molar-refractivity contribution >= 4 is 5.82 Å². The minimum atomic E-state index is 0.0123. The molecule has 1 heterocycles. The molecule has 1 N–H and O–H groups in total. The number of aryl methyl sites for hydroxylation is 1. The van der Waals surface area contributed by atoms with Crippen molar-refractivity contribution in [3.63, 3.8) is 0 Å².